The molecule has 0 amide bonds. The number of fused-ring (bicyclic) bond motifs is 1. The van der Waals surface area contributed by atoms with Gasteiger partial charge in [0.1, 0.15) is 5.82 Å². The molecule has 3 rings (SSSR count). The highest BCUT2D eigenvalue weighted by atomic mass is 19.1. The molecular formula is C13H14FN3. The van der Waals surface area contributed by atoms with Crippen molar-refractivity contribution in [3.05, 3.63) is 41.3 Å². The van der Waals surface area contributed by atoms with Gasteiger partial charge >= 0.3 is 0 Å². The molecule has 1 aromatic heterocycles. The monoisotopic (exact) mass is 231 g/mol. The Hall–Kier alpha value is -1.68. The van der Waals surface area contributed by atoms with Crippen LogP contribution in [0.1, 0.15) is 11.3 Å². The predicted octanol–water partition coefficient (Wildman–Crippen LogP) is 2.20. The lowest BCUT2D eigenvalue weighted by Gasteiger charge is -2.22. The molecule has 1 aromatic carbocycles. The number of benzene rings is 1. The first-order chi connectivity index (χ1) is 8.25. The topological polar surface area (TPSA) is 31.9 Å². The molecule has 0 saturated carbocycles. The van der Waals surface area contributed by atoms with E-state index in [9.17, 15) is 4.39 Å². The molecule has 4 heteroatoms. The number of likely N-dealkylation sites (N-methyl/N-ethyl adjacent to an activating group) is 1. The molecule has 17 heavy (non-hydrogen) atoms. The maximum Gasteiger partial charge on any atom is 0.132 e. The normalized spacial score (nSPS) is 15.9. The minimum absolute atomic E-state index is 0.213. The number of rotatable bonds is 1. The molecule has 88 valence electrons. The van der Waals surface area contributed by atoms with Gasteiger partial charge in [-0.05, 0) is 19.2 Å². The molecular weight excluding hydrogens is 217 g/mol. The minimum atomic E-state index is -0.213. The fraction of sp³-hybridized carbons (Fsp3) is 0.308. The molecule has 0 atom stereocenters. The lowest BCUT2D eigenvalue weighted by atomic mass is 10.0. The molecule has 0 radical (unpaired) electrons. The van der Waals surface area contributed by atoms with Gasteiger partial charge in [-0.25, -0.2) is 4.39 Å². The number of nitrogens with zero attached hydrogens (tertiary/aromatic N) is 2. The van der Waals surface area contributed by atoms with Gasteiger partial charge in [0.2, 0.25) is 0 Å². The summed E-state index contributed by atoms with van der Waals surface area (Å²) in [6, 6.07) is 6.79. The van der Waals surface area contributed by atoms with Gasteiger partial charge in [-0.1, -0.05) is 12.1 Å². The summed E-state index contributed by atoms with van der Waals surface area (Å²) < 4.78 is 13.8. The highest BCUT2D eigenvalue weighted by Crippen LogP contribution is 2.29. The van der Waals surface area contributed by atoms with Crippen molar-refractivity contribution in [3.8, 4) is 11.3 Å². The highest BCUT2D eigenvalue weighted by molar-refractivity contribution is 5.64. The van der Waals surface area contributed by atoms with Gasteiger partial charge < -0.3 is 4.90 Å². The first kappa shape index (κ1) is 10.5. The van der Waals surface area contributed by atoms with E-state index in [1.165, 1.54) is 6.07 Å². The van der Waals surface area contributed by atoms with E-state index in [0.717, 1.165) is 36.5 Å². The number of hydrogen-bond acceptors (Lipinski definition) is 2. The molecule has 1 N–H and O–H groups in total. The van der Waals surface area contributed by atoms with Crippen LogP contribution in [0.4, 0.5) is 4.39 Å². The number of aromatic nitrogens is 2. The van der Waals surface area contributed by atoms with Gasteiger partial charge in [0.25, 0.3) is 0 Å². The average molecular weight is 231 g/mol. The highest BCUT2D eigenvalue weighted by Gasteiger charge is 2.21. The van der Waals surface area contributed by atoms with E-state index in [4.69, 9.17) is 0 Å². The zero-order valence-electron chi connectivity index (χ0n) is 9.70. The molecule has 3 nitrogen and oxygen atoms in total. The first-order valence-electron chi connectivity index (χ1n) is 5.75. The summed E-state index contributed by atoms with van der Waals surface area (Å²) in [4.78, 5) is 2.22. The minimum Gasteiger partial charge on any atom is -0.302 e. The Morgan fingerprint density at radius 1 is 1.35 bits per heavy atom. The Kier molecular flexibility index (Phi) is 2.44. The Morgan fingerprint density at radius 3 is 3.00 bits per heavy atom. The third kappa shape index (κ3) is 1.74. The number of aromatic amines is 1. The molecule has 0 saturated heterocycles. The number of nitrogens with one attached hydrogen (secondary N) is 1. The fourth-order valence-electron chi connectivity index (χ4n) is 2.31. The van der Waals surface area contributed by atoms with Crippen molar-refractivity contribution in [3.63, 3.8) is 0 Å². The number of H-pyrrole nitrogens is 1. The van der Waals surface area contributed by atoms with E-state index in [2.05, 4.69) is 22.1 Å². The van der Waals surface area contributed by atoms with Crippen LogP contribution in [0.5, 0.6) is 0 Å². The molecule has 0 fully saturated rings. The van der Waals surface area contributed by atoms with Crippen molar-refractivity contribution in [2.75, 3.05) is 13.6 Å². The molecule has 0 spiro atoms. The zero-order chi connectivity index (χ0) is 11.8. The molecule has 1 aliphatic heterocycles. The summed E-state index contributed by atoms with van der Waals surface area (Å²) in [5, 5.41) is 7.30. The maximum atomic E-state index is 13.8. The van der Waals surface area contributed by atoms with Gasteiger partial charge in [-0.15, -0.1) is 0 Å². The number of halogens is 1. The summed E-state index contributed by atoms with van der Waals surface area (Å²) in [7, 11) is 2.07. The second-order valence-electron chi connectivity index (χ2n) is 4.50. The molecule has 0 bridgehead atoms. The van der Waals surface area contributed by atoms with E-state index in [1.807, 2.05) is 6.07 Å². The van der Waals surface area contributed by atoms with E-state index in [1.54, 1.807) is 12.1 Å². The fourth-order valence-corrected chi connectivity index (χ4v) is 2.31. The van der Waals surface area contributed by atoms with Crippen molar-refractivity contribution in [1.82, 2.24) is 15.1 Å². The van der Waals surface area contributed by atoms with Gasteiger partial charge in [0.15, 0.2) is 0 Å². The average Bonchev–Trinajstić information content (AvgIpc) is 2.72. The second kappa shape index (κ2) is 3.96. The SMILES string of the molecule is CN1CCc2[nH]nc(-c3ccccc3F)c2C1. The van der Waals surface area contributed by atoms with Crippen LogP contribution in [0.3, 0.4) is 0 Å². The number of hydrogen-bond donors (Lipinski definition) is 1. The lowest BCUT2D eigenvalue weighted by molar-refractivity contribution is 0.312. The third-order valence-electron chi connectivity index (χ3n) is 3.25. The summed E-state index contributed by atoms with van der Waals surface area (Å²) in [5.41, 5.74) is 3.61. The van der Waals surface area contributed by atoms with Crippen LogP contribution in [-0.2, 0) is 13.0 Å². The second-order valence-corrected chi connectivity index (χ2v) is 4.50. The quantitative estimate of drug-likeness (QED) is 0.816. The molecule has 1 aliphatic rings. The predicted molar refractivity (Wildman–Crippen MR) is 64.0 cm³/mol. The Morgan fingerprint density at radius 2 is 2.18 bits per heavy atom. The van der Waals surface area contributed by atoms with E-state index in [-0.39, 0.29) is 5.82 Å². The van der Waals surface area contributed by atoms with Gasteiger partial charge in [-0.2, -0.15) is 5.10 Å². The van der Waals surface area contributed by atoms with Crippen LogP contribution >= 0.6 is 0 Å². The zero-order valence-corrected chi connectivity index (χ0v) is 9.70. The van der Waals surface area contributed by atoms with Crippen molar-refractivity contribution < 1.29 is 4.39 Å². The van der Waals surface area contributed by atoms with Gasteiger partial charge in [0, 0.05) is 36.3 Å². The van der Waals surface area contributed by atoms with Gasteiger partial charge in [0.05, 0.1) is 5.69 Å². The Bertz CT molecular complexity index is 547. The summed E-state index contributed by atoms with van der Waals surface area (Å²) in [5.74, 6) is -0.213. The van der Waals surface area contributed by atoms with Gasteiger partial charge in [-0.3, -0.25) is 5.10 Å². The smallest absolute Gasteiger partial charge is 0.132 e. The summed E-state index contributed by atoms with van der Waals surface area (Å²) in [6.45, 7) is 1.85. The van der Waals surface area contributed by atoms with Crippen LogP contribution in [0.15, 0.2) is 24.3 Å². The maximum absolute atomic E-state index is 13.8. The van der Waals surface area contributed by atoms with Crippen LogP contribution in [-0.4, -0.2) is 28.7 Å². The summed E-state index contributed by atoms with van der Waals surface area (Å²) in [6.07, 6.45) is 0.952. The first-order valence-corrected chi connectivity index (χ1v) is 5.75. The molecule has 2 aromatic rings. The van der Waals surface area contributed by atoms with Crippen molar-refractivity contribution in [2.24, 2.45) is 0 Å². The molecule has 2 heterocycles. The largest absolute Gasteiger partial charge is 0.302 e. The molecule has 0 aliphatic carbocycles. The Balaban J connectivity index is 2.11. The van der Waals surface area contributed by atoms with Crippen molar-refractivity contribution in [2.45, 2.75) is 13.0 Å². The van der Waals surface area contributed by atoms with Crippen molar-refractivity contribution in [1.29, 1.82) is 0 Å². The third-order valence-corrected chi connectivity index (χ3v) is 3.25. The molecule has 0 unspecified atom stereocenters. The Labute approximate surface area is 99.3 Å². The van der Waals surface area contributed by atoms with E-state index < -0.39 is 0 Å². The van der Waals surface area contributed by atoms with Crippen LogP contribution in [0.25, 0.3) is 11.3 Å². The standard InChI is InChI=1S/C13H14FN3/c1-17-7-6-12-10(8-17)13(16-15-12)9-4-2-3-5-11(9)14/h2-5H,6-8H2,1H3,(H,15,16). The van der Waals surface area contributed by atoms with Crippen LogP contribution in [0, 0.1) is 5.82 Å². The van der Waals surface area contributed by atoms with Crippen molar-refractivity contribution >= 4 is 0 Å². The lowest BCUT2D eigenvalue weighted by Crippen LogP contribution is -2.26. The van der Waals surface area contributed by atoms with Crippen LogP contribution in [0.2, 0.25) is 0 Å². The van der Waals surface area contributed by atoms with E-state index in [0.29, 0.717) is 5.56 Å². The van der Waals surface area contributed by atoms with E-state index >= 15 is 0 Å². The summed E-state index contributed by atoms with van der Waals surface area (Å²) >= 11 is 0. The van der Waals surface area contributed by atoms with Crippen LogP contribution < -0.4 is 0 Å².